The molecule has 0 spiro atoms. The number of nitrogens with zero attached hydrogens (tertiary/aromatic N) is 3. The molecule has 6 heteroatoms. The number of hydrogen-bond donors (Lipinski definition) is 1. The van der Waals surface area contributed by atoms with Gasteiger partial charge in [0.25, 0.3) is 5.91 Å². The molecule has 2 heterocycles. The Morgan fingerprint density at radius 1 is 1.11 bits per heavy atom. The lowest BCUT2D eigenvalue weighted by molar-refractivity contribution is 0.0953. The van der Waals surface area contributed by atoms with Crippen LogP contribution in [-0.2, 0) is 6.42 Å². The van der Waals surface area contributed by atoms with Crippen molar-refractivity contribution < 1.29 is 9.53 Å². The summed E-state index contributed by atoms with van der Waals surface area (Å²) in [6, 6.07) is 11.0. The van der Waals surface area contributed by atoms with Gasteiger partial charge in [0, 0.05) is 30.9 Å². The van der Waals surface area contributed by atoms with Crippen LogP contribution in [0.1, 0.15) is 42.0 Å². The zero-order valence-electron chi connectivity index (χ0n) is 16.4. The van der Waals surface area contributed by atoms with Crippen molar-refractivity contribution in [1.29, 1.82) is 0 Å². The summed E-state index contributed by atoms with van der Waals surface area (Å²) in [5.74, 6) is 1.68. The molecule has 144 valence electrons. The van der Waals surface area contributed by atoms with Crippen molar-refractivity contribution in [2.75, 3.05) is 6.54 Å². The number of aromatic nitrogens is 3. The average molecular weight is 376 g/mol. The Morgan fingerprint density at radius 2 is 1.96 bits per heavy atom. The van der Waals surface area contributed by atoms with E-state index in [2.05, 4.69) is 20.3 Å². The number of ether oxygens (including phenoxy) is 1. The van der Waals surface area contributed by atoms with Crippen LogP contribution in [0, 0.1) is 6.92 Å². The number of rotatable bonds is 7. The summed E-state index contributed by atoms with van der Waals surface area (Å²) in [6.45, 7) is 6.61. The van der Waals surface area contributed by atoms with Crippen LogP contribution in [0.4, 0.5) is 0 Å². The first-order chi connectivity index (χ1) is 13.6. The SMILES string of the molecule is CCCNC(=O)c1ccc(C)c(Oc2ncccc2-c2ccnc(CC)n2)c1. The molecule has 2 aromatic heterocycles. The van der Waals surface area contributed by atoms with Crippen molar-refractivity contribution in [3.63, 3.8) is 0 Å². The van der Waals surface area contributed by atoms with Crippen molar-refractivity contribution in [2.24, 2.45) is 0 Å². The Hall–Kier alpha value is -3.28. The number of nitrogens with one attached hydrogen (secondary N) is 1. The summed E-state index contributed by atoms with van der Waals surface area (Å²) < 4.78 is 6.11. The number of aryl methyl sites for hydroxylation is 2. The summed E-state index contributed by atoms with van der Waals surface area (Å²) in [4.78, 5) is 25.5. The summed E-state index contributed by atoms with van der Waals surface area (Å²) in [5, 5.41) is 2.88. The predicted octanol–water partition coefficient (Wildman–Crippen LogP) is 4.34. The molecule has 28 heavy (non-hydrogen) atoms. The molecule has 0 aliphatic rings. The standard InChI is InChI=1S/C22H24N4O2/c1-4-11-24-21(27)16-9-8-15(3)19(14-16)28-22-17(7-6-12-25-22)18-10-13-23-20(5-2)26-18/h6-10,12-14H,4-5,11H2,1-3H3,(H,24,27). The quantitative estimate of drug-likeness (QED) is 0.664. The molecule has 0 aliphatic carbocycles. The Morgan fingerprint density at radius 3 is 2.75 bits per heavy atom. The van der Waals surface area contributed by atoms with Crippen LogP contribution < -0.4 is 10.1 Å². The highest BCUT2D eigenvalue weighted by Crippen LogP contribution is 2.32. The Balaban J connectivity index is 1.93. The second-order valence-corrected chi connectivity index (χ2v) is 6.41. The van der Waals surface area contributed by atoms with Gasteiger partial charge in [0.1, 0.15) is 11.6 Å². The van der Waals surface area contributed by atoms with Crippen molar-refractivity contribution in [1.82, 2.24) is 20.3 Å². The van der Waals surface area contributed by atoms with E-state index in [1.807, 2.05) is 45.0 Å². The highest BCUT2D eigenvalue weighted by molar-refractivity contribution is 5.94. The van der Waals surface area contributed by atoms with E-state index in [1.165, 1.54) is 0 Å². The normalized spacial score (nSPS) is 10.5. The fourth-order valence-corrected chi connectivity index (χ4v) is 2.68. The zero-order valence-corrected chi connectivity index (χ0v) is 16.4. The maximum Gasteiger partial charge on any atom is 0.251 e. The van der Waals surface area contributed by atoms with E-state index in [9.17, 15) is 4.79 Å². The van der Waals surface area contributed by atoms with E-state index in [1.54, 1.807) is 24.5 Å². The van der Waals surface area contributed by atoms with E-state index in [0.717, 1.165) is 35.5 Å². The minimum Gasteiger partial charge on any atom is -0.438 e. The minimum atomic E-state index is -0.115. The second kappa shape index (κ2) is 9.08. The summed E-state index contributed by atoms with van der Waals surface area (Å²) >= 11 is 0. The number of benzene rings is 1. The van der Waals surface area contributed by atoms with Crippen molar-refractivity contribution >= 4 is 5.91 Å². The molecule has 0 unspecified atom stereocenters. The number of carbonyl (C=O) groups excluding carboxylic acids is 1. The number of pyridine rings is 1. The zero-order chi connectivity index (χ0) is 19.9. The summed E-state index contributed by atoms with van der Waals surface area (Å²) in [5.41, 5.74) is 3.01. The maximum absolute atomic E-state index is 12.3. The first-order valence-corrected chi connectivity index (χ1v) is 9.46. The van der Waals surface area contributed by atoms with Gasteiger partial charge in [0.15, 0.2) is 0 Å². The predicted molar refractivity (Wildman–Crippen MR) is 109 cm³/mol. The Labute approximate surface area is 165 Å². The first kappa shape index (κ1) is 19.5. The number of hydrogen-bond acceptors (Lipinski definition) is 5. The molecule has 3 rings (SSSR count). The Bertz CT molecular complexity index is 972. The molecule has 6 nitrogen and oxygen atoms in total. The fourth-order valence-electron chi connectivity index (χ4n) is 2.68. The number of amides is 1. The van der Waals surface area contributed by atoms with Gasteiger partial charge in [-0.3, -0.25) is 4.79 Å². The second-order valence-electron chi connectivity index (χ2n) is 6.41. The molecule has 1 N–H and O–H groups in total. The minimum absolute atomic E-state index is 0.115. The molecule has 3 aromatic rings. The molecular formula is C22H24N4O2. The van der Waals surface area contributed by atoms with Gasteiger partial charge in [-0.15, -0.1) is 0 Å². The molecule has 1 amide bonds. The van der Waals surface area contributed by atoms with Gasteiger partial charge < -0.3 is 10.1 Å². The van der Waals surface area contributed by atoms with Gasteiger partial charge in [0.2, 0.25) is 5.88 Å². The van der Waals surface area contributed by atoms with Crippen LogP contribution in [-0.4, -0.2) is 27.4 Å². The van der Waals surface area contributed by atoms with E-state index in [0.29, 0.717) is 23.7 Å². The van der Waals surface area contributed by atoms with E-state index < -0.39 is 0 Å². The van der Waals surface area contributed by atoms with E-state index in [-0.39, 0.29) is 5.91 Å². The van der Waals surface area contributed by atoms with Crippen LogP contribution in [0.5, 0.6) is 11.6 Å². The summed E-state index contributed by atoms with van der Waals surface area (Å²) in [6.07, 6.45) is 5.05. The molecule has 0 radical (unpaired) electrons. The number of carbonyl (C=O) groups is 1. The topological polar surface area (TPSA) is 77.0 Å². The monoisotopic (exact) mass is 376 g/mol. The lowest BCUT2D eigenvalue weighted by Gasteiger charge is -2.13. The molecule has 0 bridgehead atoms. The van der Waals surface area contributed by atoms with Crippen LogP contribution in [0.3, 0.4) is 0 Å². The van der Waals surface area contributed by atoms with Crippen molar-refractivity contribution in [3.05, 3.63) is 65.7 Å². The van der Waals surface area contributed by atoms with Crippen molar-refractivity contribution in [2.45, 2.75) is 33.6 Å². The maximum atomic E-state index is 12.3. The van der Waals surface area contributed by atoms with Crippen molar-refractivity contribution in [3.8, 4) is 22.9 Å². The molecule has 0 saturated carbocycles. The van der Waals surface area contributed by atoms with Crippen LogP contribution in [0.15, 0.2) is 48.8 Å². The molecule has 0 atom stereocenters. The van der Waals surface area contributed by atoms with Gasteiger partial charge in [-0.2, -0.15) is 0 Å². The first-order valence-electron chi connectivity index (χ1n) is 9.46. The van der Waals surface area contributed by atoms with Crippen LogP contribution in [0.2, 0.25) is 0 Å². The third-order valence-electron chi connectivity index (χ3n) is 4.26. The summed E-state index contributed by atoms with van der Waals surface area (Å²) in [7, 11) is 0. The third kappa shape index (κ3) is 4.52. The van der Waals surface area contributed by atoms with Crippen LogP contribution in [0.25, 0.3) is 11.3 Å². The smallest absolute Gasteiger partial charge is 0.251 e. The lowest BCUT2D eigenvalue weighted by atomic mass is 10.1. The molecule has 0 saturated heterocycles. The molecule has 0 fully saturated rings. The molecule has 1 aromatic carbocycles. The highest BCUT2D eigenvalue weighted by Gasteiger charge is 2.14. The third-order valence-corrected chi connectivity index (χ3v) is 4.26. The van der Waals surface area contributed by atoms with Gasteiger partial charge >= 0.3 is 0 Å². The van der Waals surface area contributed by atoms with E-state index >= 15 is 0 Å². The average Bonchev–Trinajstić information content (AvgIpc) is 2.74. The van der Waals surface area contributed by atoms with Gasteiger partial charge in [-0.1, -0.05) is 19.9 Å². The largest absolute Gasteiger partial charge is 0.438 e. The molecular weight excluding hydrogens is 352 g/mol. The highest BCUT2D eigenvalue weighted by atomic mass is 16.5. The fraction of sp³-hybridized carbons (Fsp3) is 0.273. The Kier molecular flexibility index (Phi) is 6.32. The lowest BCUT2D eigenvalue weighted by Crippen LogP contribution is -2.23. The van der Waals surface area contributed by atoms with Gasteiger partial charge in [0.05, 0.1) is 11.3 Å². The van der Waals surface area contributed by atoms with Gasteiger partial charge in [-0.25, -0.2) is 15.0 Å². The van der Waals surface area contributed by atoms with Gasteiger partial charge in [-0.05, 0) is 49.2 Å². The molecule has 0 aliphatic heterocycles. The van der Waals surface area contributed by atoms with E-state index in [4.69, 9.17) is 4.74 Å². The van der Waals surface area contributed by atoms with Crippen LogP contribution >= 0.6 is 0 Å².